The van der Waals surface area contributed by atoms with Gasteiger partial charge in [0.2, 0.25) is 0 Å². The van der Waals surface area contributed by atoms with Gasteiger partial charge in [0, 0.05) is 25.0 Å². The average Bonchev–Trinajstić information content (AvgIpc) is 3.15. The third-order valence-electron chi connectivity index (χ3n) is 4.14. The Labute approximate surface area is 138 Å². The van der Waals surface area contributed by atoms with E-state index < -0.39 is 6.10 Å². The van der Waals surface area contributed by atoms with Crippen LogP contribution in [-0.4, -0.2) is 45.9 Å². The molecule has 0 spiro atoms. The molecule has 24 heavy (non-hydrogen) atoms. The number of benzene rings is 1. The van der Waals surface area contributed by atoms with Crippen LogP contribution in [0.25, 0.3) is 11.0 Å². The van der Waals surface area contributed by atoms with Crippen molar-refractivity contribution in [3.8, 4) is 0 Å². The quantitative estimate of drug-likeness (QED) is 0.741. The van der Waals surface area contributed by atoms with Crippen LogP contribution in [0.15, 0.2) is 39.3 Å². The standard InChI is InChI=1S/C17H19N3O4/c1-11-18-17(24-19-11)10-22-13-7-20(8-13)9-14(21)16-6-12-4-2-3-5-15(12)23-16/h2-6,13-14,21H,7-10H2,1H3/t14-/m1/s1. The Morgan fingerprint density at radius 2 is 2.21 bits per heavy atom. The van der Waals surface area contributed by atoms with Crippen LogP contribution in [0.4, 0.5) is 0 Å². The molecule has 4 rings (SSSR count). The number of fused-ring (bicyclic) bond motifs is 1. The highest BCUT2D eigenvalue weighted by Gasteiger charge is 2.30. The molecule has 3 heterocycles. The van der Waals surface area contributed by atoms with Crippen molar-refractivity contribution in [1.29, 1.82) is 0 Å². The fourth-order valence-corrected chi connectivity index (χ4v) is 2.87. The molecule has 7 nitrogen and oxygen atoms in total. The molecule has 126 valence electrons. The van der Waals surface area contributed by atoms with Crippen molar-refractivity contribution in [2.45, 2.75) is 25.7 Å². The van der Waals surface area contributed by atoms with E-state index in [0.29, 0.717) is 30.6 Å². The van der Waals surface area contributed by atoms with Crippen LogP contribution in [0, 0.1) is 6.92 Å². The zero-order chi connectivity index (χ0) is 16.5. The normalized spacial score (nSPS) is 17.2. The number of aliphatic hydroxyl groups excluding tert-OH is 1. The van der Waals surface area contributed by atoms with Gasteiger partial charge in [0.05, 0.1) is 6.10 Å². The van der Waals surface area contributed by atoms with E-state index in [1.54, 1.807) is 6.92 Å². The summed E-state index contributed by atoms with van der Waals surface area (Å²) in [6, 6.07) is 9.65. The Kier molecular flexibility index (Phi) is 4.05. The van der Waals surface area contributed by atoms with E-state index in [4.69, 9.17) is 13.7 Å². The number of likely N-dealkylation sites (tertiary alicyclic amines) is 1. The summed E-state index contributed by atoms with van der Waals surface area (Å²) in [5.74, 6) is 1.70. The molecule has 0 amide bonds. The highest BCUT2D eigenvalue weighted by molar-refractivity contribution is 5.77. The molecule has 1 aliphatic rings. The molecule has 0 unspecified atom stereocenters. The number of rotatable bonds is 6. The molecule has 1 aromatic carbocycles. The number of aliphatic hydroxyl groups is 1. The van der Waals surface area contributed by atoms with Gasteiger partial charge in [-0.3, -0.25) is 4.90 Å². The molecular formula is C17H19N3O4. The van der Waals surface area contributed by atoms with E-state index in [2.05, 4.69) is 15.0 Å². The Morgan fingerprint density at radius 3 is 2.96 bits per heavy atom. The average molecular weight is 329 g/mol. The summed E-state index contributed by atoms with van der Waals surface area (Å²) in [5.41, 5.74) is 0.797. The topological polar surface area (TPSA) is 84.8 Å². The summed E-state index contributed by atoms with van der Waals surface area (Å²) in [6.07, 6.45) is -0.517. The Hall–Kier alpha value is -2.22. The number of hydrogen-bond acceptors (Lipinski definition) is 7. The number of nitrogens with zero attached hydrogens (tertiary/aromatic N) is 3. The van der Waals surface area contributed by atoms with E-state index in [0.717, 1.165) is 24.1 Å². The highest BCUT2D eigenvalue weighted by Crippen LogP contribution is 2.25. The monoisotopic (exact) mass is 329 g/mol. The van der Waals surface area contributed by atoms with Gasteiger partial charge in [-0.25, -0.2) is 0 Å². The minimum atomic E-state index is -0.642. The molecule has 1 saturated heterocycles. The third kappa shape index (κ3) is 3.19. The smallest absolute Gasteiger partial charge is 0.252 e. The molecule has 0 bridgehead atoms. The van der Waals surface area contributed by atoms with Gasteiger partial charge in [0.15, 0.2) is 5.82 Å². The number of furan rings is 1. The van der Waals surface area contributed by atoms with E-state index in [1.165, 1.54) is 0 Å². The summed E-state index contributed by atoms with van der Waals surface area (Å²) in [5, 5.41) is 15.1. The molecule has 0 saturated carbocycles. The largest absolute Gasteiger partial charge is 0.458 e. The number of hydrogen-bond donors (Lipinski definition) is 1. The van der Waals surface area contributed by atoms with Crippen molar-refractivity contribution in [2.75, 3.05) is 19.6 Å². The lowest BCUT2D eigenvalue weighted by Gasteiger charge is -2.39. The summed E-state index contributed by atoms with van der Waals surface area (Å²) in [7, 11) is 0. The molecule has 3 aromatic rings. The van der Waals surface area contributed by atoms with Gasteiger partial charge in [-0.1, -0.05) is 23.4 Å². The van der Waals surface area contributed by atoms with E-state index >= 15 is 0 Å². The minimum absolute atomic E-state index is 0.125. The maximum atomic E-state index is 10.3. The first-order valence-corrected chi connectivity index (χ1v) is 7.97. The van der Waals surface area contributed by atoms with Gasteiger partial charge in [-0.05, 0) is 19.1 Å². The van der Waals surface area contributed by atoms with Crippen molar-refractivity contribution >= 4 is 11.0 Å². The summed E-state index contributed by atoms with van der Waals surface area (Å²) in [4.78, 5) is 6.23. The fourth-order valence-electron chi connectivity index (χ4n) is 2.87. The molecule has 2 aromatic heterocycles. The molecule has 1 atom stereocenters. The first-order chi connectivity index (χ1) is 11.7. The van der Waals surface area contributed by atoms with Gasteiger partial charge in [0.25, 0.3) is 5.89 Å². The lowest BCUT2D eigenvalue weighted by Crippen LogP contribution is -2.53. The molecule has 1 aliphatic heterocycles. The molecule has 7 heteroatoms. The van der Waals surface area contributed by atoms with Gasteiger partial charge >= 0.3 is 0 Å². The second kappa shape index (κ2) is 6.35. The second-order valence-electron chi connectivity index (χ2n) is 6.09. The van der Waals surface area contributed by atoms with Crippen LogP contribution in [0.3, 0.4) is 0 Å². The van der Waals surface area contributed by atoms with Gasteiger partial charge < -0.3 is 18.8 Å². The molecular weight excluding hydrogens is 310 g/mol. The minimum Gasteiger partial charge on any atom is -0.458 e. The summed E-state index contributed by atoms with van der Waals surface area (Å²) < 4.78 is 16.4. The van der Waals surface area contributed by atoms with Crippen LogP contribution in [0.2, 0.25) is 0 Å². The maximum Gasteiger partial charge on any atom is 0.252 e. The third-order valence-corrected chi connectivity index (χ3v) is 4.14. The van der Waals surface area contributed by atoms with E-state index in [9.17, 15) is 5.11 Å². The van der Waals surface area contributed by atoms with Crippen molar-refractivity contribution in [2.24, 2.45) is 0 Å². The molecule has 1 N–H and O–H groups in total. The first kappa shape index (κ1) is 15.3. The second-order valence-corrected chi connectivity index (χ2v) is 6.09. The Morgan fingerprint density at radius 1 is 1.38 bits per heavy atom. The van der Waals surface area contributed by atoms with Crippen LogP contribution < -0.4 is 0 Å². The van der Waals surface area contributed by atoms with Gasteiger partial charge in [0.1, 0.15) is 24.1 Å². The van der Waals surface area contributed by atoms with Gasteiger partial charge in [-0.15, -0.1) is 0 Å². The SMILES string of the molecule is Cc1noc(COC2CN(C[C@@H](O)c3cc4ccccc4o3)C2)n1. The van der Waals surface area contributed by atoms with Gasteiger partial charge in [-0.2, -0.15) is 4.98 Å². The predicted octanol–water partition coefficient (Wildman–Crippen LogP) is 2.06. The Balaban J connectivity index is 1.25. The van der Waals surface area contributed by atoms with Crippen LogP contribution in [0.5, 0.6) is 0 Å². The zero-order valence-electron chi connectivity index (χ0n) is 13.4. The number of para-hydroxylation sites is 1. The predicted molar refractivity (Wildman–Crippen MR) is 85.2 cm³/mol. The number of aryl methyl sites for hydroxylation is 1. The van der Waals surface area contributed by atoms with Crippen molar-refractivity contribution in [3.05, 3.63) is 47.8 Å². The van der Waals surface area contributed by atoms with Crippen LogP contribution in [0.1, 0.15) is 23.6 Å². The van der Waals surface area contributed by atoms with Crippen molar-refractivity contribution in [3.63, 3.8) is 0 Å². The van der Waals surface area contributed by atoms with E-state index in [-0.39, 0.29) is 6.10 Å². The summed E-state index contributed by atoms with van der Waals surface area (Å²) in [6.45, 7) is 4.16. The zero-order valence-corrected chi connectivity index (χ0v) is 13.4. The molecule has 0 radical (unpaired) electrons. The van der Waals surface area contributed by atoms with Crippen molar-refractivity contribution < 1.29 is 18.8 Å². The Bertz CT molecular complexity index is 789. The van der Waals surface area contributed by atoms with Crippen molar-refractivity contribution in [1.82, 2.24) is 15.0 Å². The number of ether oxygens (including phenoxy) is 1. The van der Waals surface area contributed by atoms with E-state index in [1.807, 2.05) is 30.3 Å². The molecule has 0 aliphatic carbocycles. The molecule has 1 fully saturated rings. The maximum absolute atomic E-state index is 10.3. The lowest BCUT2D eigenvalue weighted by molar-refractivity contribution is -0.0813. The number of β-amino-alcohol motifs (C(OH)–C–C–N with tert-alkyl or cyclic N) is 1. The first-order valence-electron chi connectivity index (χ1n) is 7.97. The fraction of sp³-hybridized carbons (Fsp3) is 0.412. The lowest BCUT2D eigenvalue weighted by atomic mass is 10.1. The van der Waals surface area contributed by atoms with Crippen LogP contribution in [-0.2, 0) is 11.3 Å². The summed E-state index contributed by atoms with van der Waals surface area (Å²) >= 11 is 0. The highest BCUT2D eigenvalue weighted by atomic mass is 16.5. The number of aromatic nitrogens is 2. The van der Waals surface area contributed by atoms with Crippen LogP contribution >= 0.6 is 0 Å².